The third-order valence-corrected chi connectivity index (χ3v) is 9.62. The van der Waals surface area contributed by atoms with Crippen molar-refractivity contribution in [3.8, 4) is 0 Å². The maximum atomic E-state index is 11.0. The van der Waals surface area contributed by atoms with Crippen LogP contribution in [-0.4, -0.2) is 32.2 Å². The zero-order valence-corrected chi connectivity index (χ0v) is 15.4. The molecule has 1 saturated carbocycles. The van der Waals surface area contributed by atoms with E-state index in [0.717, 1.165) is 6.42 Å². The summed E-state index contributed by atoms with van der Waals surface area (Å²) in [7, 11) is -1.82. The van der Waals surface area contributed by atoms with Crippen molar-refractivity contribution >= 4 is 14.4 Å². The summed E-state index contributed by atoms with van der Waals surface area (Å²) in [4.78, 5) is 11.0. The molecule has 0 radical (unpaired) electrons. The molecule has 0 saturated heterocycles. The Morgan fingerprint density at radius 1 is 1.29 bits per heavy atom. The molecule has 0 aliphatic heterocycles. The van der Waals surface area contributed by atoms with Gasteiger partial charge in [0, 0.05) is 0 Å². The van der Waals surface area contributed by atoms with Crippen molar-refractivity contribution in [1.82, 2.24) is 5.32 Å². The average molecular weight is 316 g/mol. The summed E-state index contributed by atoms with van der Waals surface area (Å²) in [5.41, 5.74) is 0. The molecule has 0 bridgehead atoms. The van der Waals surface area contributed by atoms with Gasteiger partial charge in [0.1, 0.15) is 0 Å². The van der Waals surface area contributed by atoms with Crippen LogP contribution in [-0.2, 0) is 4.43 Å². The molecule has 1 aliphatic rings. The van der Waals surface area contributed by atoms with E-state index in [4.69, 9.17) is 9.53 Å². The van der Waals surface area contributed by atoms with Crippen LogP contribution in [0.3, 0.4) is 0 Å². The Balaban J connectivity index is 2.55. The smallest absolute Gasteiger partial charge is 0.404 e. The number of nitrogens with one attached hydrogen (secondary N) is 1. The van der Waals surface area contributed by atoms with Crippen molar-refractivity contribution in [1.29, 1.82) is 0 Å². The second-order valence-electron chi connectivity index (χ2n) is 7.96. The Kier molecular flexibility index (Phi) is 6.72. The lowest BCUT2D eigenvalue weighted by atomic mass is 9.85. The van der Waals surface area contributed by atoms with Crippen LogP contribution in [0.2, 0.25) is 18.1 Å². The number of carboxylic acid groups (broad SMARTS) is 1. The molecule has 5 heteroatoms. The maximum Gasteiger partial charge on any atom is 0.404 e. The molecule has 1 aliphatic carbocycles. The van der Waals surface area contributed by atoms with Gasteiger partial charge >= 0.3 is 6.09 Å². The number of hydrogen-bond donors (Lipinski definition) is 2. The van der Waals surface area contributed by atoms with Crippen LogP contribution >= 0.6 is 0 Å². The zero-order chi connectivity index (χ0) is 16.1. The van der Waals surface area contributed by atoms with E-state index in [0.29, 0.717) is 12.5 Å². The van der Waals surface area contributed by atoms with Crippen LogP contribution in [0.5, 0.6) is 0 Å². The first-order chi connectivity index (χ1) is 9.62. The Labute approximate surface area is 130 Å². The van der Waals surface area contributed by atoms with E-state index in [-0.39, 0.29) is 11.1 Å². The van der Waals surface area contributed by atoms with Crippen LogP contribution in [0.25, 0.3) is 0 Å². The van der Waals surface area contributed by atoms with E-state index in [1.165, 1.54) is 32.1 Å². The summed E-state index contributed by atoms with van der Waals surface area (Å²) < 4.78 is 6.21. The molecule has 2 N–H and O–H groups in total. The van der Waals surface area contributed by atoms with Gasteiger partial charge in [-0.25, -0.2) is 4.79 Å². The van der Waals surface area contributed by atoms with Gasteiger partial charge in [0.2, 0.25) is 0 Å². The molecule has 4 nitrogen and oxygen atoms in total. The van der Waals surface area contributed by atoms with Gasteiger partial charge in [-0.3, -0.25) is 0 Å². The lowest BCUT2D eigenvalue weighted by Gasteiger charge is -2.37. The molecule has 0 heterocycles. The monoisotopic (exact) mass is 315 g/mol. The lowest BCUT2D eigenvalue weighted by Crippen LogP contribution is -2.46. The van der Waals surface area contributed by atoms with Crippen molar-refractivity contribution < 1.29 is 14.3 Å². The zero-order valence-electron chi connectivity index (χ0n) is 14.4. The highest BCUT2D eigenvalue weighted by molar-refractivity contribution is 6.74. The summed E-state index contributed by atoms with van der Waals surface area (Å²) in [5, 5.41) is 11.9. The Bertz CT molecular complexity index is 333. The van der Waals surface area contributed by atoms with Crippen LogP contribution in [0.1, 0.15) is 59.3 Å². The van der Waals surface area contributed by atoms with Gasteiger partial charge in [0.25, 0.3) is 0 Å². The van der Waals surface area contributed by atoms with Gasteiger partial charge in [0.05, 0.1) is 12.6 Å². The van der Waals surface area contributed by atoms with Crippen LogP contribution in [0, 0.1) is 5.92 Å². The van der Waals surface area contributed by atoms with Gasteiger partial charge < -0.3 is 14.8 Å². The van der Waals surface area contributed by atoms with E-state index in [1.807, 2.05) is 0 Å². The molecule has 1 fully saturated rings. The molecule has 0 aromatic heterocycles. The third-order valence-electron chi connectivity index (χ3n) is 5.12. The molecule has 0 aromatic rings. The molecular weight excluding hydrogens is 282 g/mol. The van der Waals surface area contributed by atoms with Crippen LogP contribution in [0.15, 0.2) is 0 Å². The second kappa shape index (κ2) is 7.63. The molecular formula is C16H33NO3Si. The van der Waals surface area contributed by atoms with Crippen molar-refractivity contribution in [2.75, 3.05) is 6.61 Å². The summed E-state index contributed by atoms with van der Waals surface area (Å²) in [6.07, 6.45) is 6.35. The maximum absolute atomic E-state index is 11.0. The average Bonchev–Trinajstić information content (AvgIpc) is 2.35. The fourth-order valence-corrected chi connectivity index (χ4v) is 3.74. The minimum Gasteiger partial charge on any atom is -0.465 e. The molecule has 1 atom stereocenters. The largest absolute Gasteiger partial charge is 0.465 e. The number of hydrogen-bond acceptors (Lipinski definition) is 2. The Morgan fingerprint density at radius 3 is 2.33 bits per heavy atom. The summed E-state index contributed by atoms with van der Waals surface area (Å²) in [6.45, 7) is 11.6. The molecule has 0 aromatic carbocycles. The molecule has 1 amide bonds. The summed E-state index contributed by atoms with van der Waals surface area (Å²) in [6, 6.07) is -0.0697. The fraction of sp³-hybridized carbons (Fsp3) is 0.938. The van der Waals surface area contributed by atoms with Crippen LogP contribution < -0.4 is 5.32 Å². The molecule has 124 valence electrons. The lowest BCUT2D eigenvalue weighted by molar-refractivity contribution is 0.167. The van der Waals surface area contributed by atoms with Gasteiger partial charge in [-0.1, -0.05) is 52.9 Å². The van der Waals surface area contributed by atoms with E-state index >= 15 is 0 Å². The number of carbonyl (C=O) groups is 1. The third kappa shape index (κ3) is 6.39. The number of amides is 1. The first kappa shape index (κ1) is 18.5. The molecule has 1 rings (SSSR count). The second-order valence-corrected chi connectivity index (χ2v) is 12.8. The highest BCUT2D eigenvalue weighted by atomic mass is 28.4. The fourth-order valence-electron chi connectivity index (χ4n) is 2.69. The van der Waals surface area contributed by atoms with Crippen molar-refractivity contribution in [3.05, 3.63) is 0 Å². The van der Waals surface area contributed by atoms with Crippen molar-refractivity contribution in [2.45, 2.75) is 83.5 Å². The predicted octanol–water partition coefficient (Wildman–Crippen LogP) is 4.61. The Morgan fingerprint density at radius 2 is 1.86 bits per heavy atom. The topological polar surface area (TPSA) is 58.6 Å². The van der Waals surface area contributed by atoms with E-state index < -0.39 is 14.4 Å². The quantitative estimate of drug-likeness (QED) is 0.703. The minimum atomic E-state index is -1.82. The summed E-state index contributed by atoms with van der Waals surface area (Å²) >= 11 is 0. The van der Waals surface area contributed by atoms with Gasteiger partial charge in [-0.15, -0.1) is 0 Å². The first-order valence-corrected chi connectivity index (χ1v) is 11.2. The minimum absolute atomic E-state index is 0.0697. The SMILES string of the molecule is CC(C)(C)[Si](C)(C)OCC(CC1CCCCC1)NC(=O)O. The van der Waals surface area contributed by atoms with E-state index in [1.54, 1.807) is 0 Å². The molecule has 21 heavy (non-hydrogen) atoms. The van der Waals surface area contributed by atoms with Gasteiger partial charge in [-0.05, 0) is 30.5 Å². The number of rotatable bonds is 6. The van der Waals surface area contributed by atoms with Crippen molar-refractivity contribution in [2.24, 2.45) is 5.92 Å². The van der Waals surface area contributed by atoms with Crippen molar-refractivity contribution in [3.63, 3.8) is 0 Å². The first-order valence-electron chi connectivity index (χ1n) is 8.25. The highest BCUT2D eigenvalue weighted by Gasteiger charge is 2.37. The van der Waals surface area contributed by atoms with Crippen LogP contribution in [0.4, 0.5) is 4.79 Å². The van der Waals surface area contributed by atoms with Gasteiger partial charge in [0.15, 0.2) is 8.32 Å². The molecule has 1 unspecified atom stereocenters. The Hall–Kier alpha value is -0.553. The predicted molar refractivity (Wildman–Crippen MR) is 89.3 cm³/mol. The normalized spacial score (nSPS) is 19.3. The standard InChI is InChI=1S/C16H33NO3Si/c1-16(2,3)21(4,5)20-12-14(17-15(18)19)11-13-9-7-6-8-10-13/h13-14,17H,6-12H2,1-5H3,(H,18,19). The summed E-state index contributed by atoms with van der Waals surface area (Å²) in [5.74, 6) is 0.651. The molecule has 0 spiro atoms. The van der Waals surface area contributed by atoms with E-state index in [9.17, 15) is 4.79 Å². The van der Waals surface area contributed by atoms with Gasteiger partial charge in [-0.2, -0.15) is 0 Å². The highest BCUT2D eigenvalue weighted by Crippen LogP contribution is 2.37. The van der Waals surface area contributed by atoms with E-state index in [2.05, 4.69) is 39.2 Å².